The second-order valence-electron chi connectivity index (χ2n) is 8.18. The van der Waals surface area contributed by atoms with E-state index in [1.54, 1.807) is 55.5 Å². The maximum atomic E-state index is 13.8. The van der Waals surface area contributed by atoms with Crippen molar-refractivity contribution >= 4 is 28.3 Å². The largest absolute Gasteiger partial charge is 0.497 e. The Labute approximate surface area is 196 Å². The lowest BCUT2D eigenvalue weighted by Gasteiger charge is -2.31. The topological polar surface area (TPSA) is 71.5 Å². The average Bonchev–Trinajstić information content (AvgIpc) is 3.27. The van der Waals surface area contributed by atoms with Gasteiger partial charge in [0.25, 0.3) is 0 Å². The molecule has 0 spiro atoms. The van der Waals surface area contributed by atoms with Gasteiger partial charge in [-0.2, -0.15) is 0 Å². The van der Waals surface area contributed by atoms with Crippen molar-refractivity contribution in [2.45, 2.75) is 26.2 Å². The second kappa shape index (κ2) is 10.1. The van der Waals surface area contributed by atoms with Gasteiger partial charge in [-0.05, 0) is 61.2 Å². The highest BCUT2D eigenvalue weighted by Crippen LogP contribution is 2.25. The molecule has 6 nitrogen and oxygen atoms in total. The summed E-state index contributed by atoms with van der Waals surface area (Å²) in [5.41, 5.74) is 2.15. The number of ketones is 1. The molecule has 1 N–H and O–H groups in total. The van der Waals surface area contributed by atoms with Crippen LogP contribution in [0.15, 0.2) is 48.7 Å². The molecule has 1 aromatic heterocycles. The summed E-state index contributed by atoms with van der Waals surface area (Å²) in [5, 5.41) is 3.36. The molecular weight excluding hydrogens is 441 g/mol. The van der Waals surface area contributed by atoms with Crippen molar-refractivity contribution in [2.24, 2.45) is 5.92 Å². The average molecular weight is 468 g/mol. The number of nitrogens with one attached hydrogen (secondary N) is 1. The number of thiazole rings is 1. The molecule has 33 heavy (non-hydrogen) atoms. The van der Waals surface area contributed by atoms with E-state index in [1.807, 2.05) is 6.07 Å². The SMILES string of the molecule is COc1ccc(C(=O)C2CCN(C(=O)Nc3ncc(Cc4ccc(C)c(F)c4)s3)CC2)cc1. The van der Waals surface area contributed by atoms with Crippen molar-refractivity contribution in [2.75, 3.05) is 25.5 Å². The summed E-state index contributed by atoms with van der Waals surface area (Å²) >= 11 is 1.38. The zero-order valence-corrected chi connectivity index (χ0v) is 19.5. The first kappa shape index (κ1) is 22.9. The molecule has 0 saturated carbocycles. The first-order chi connectivity index (χ1) is 15.9. The van der Waals surface area contributed by atoms with Crippen LogP contribution < -0.4 is 10.1 Å². The molecule has 1 saturated heterocycles. The Bertz CT molecular complexity index is 1140. The second-order valence-corrected chi connectivity index (χ2v) is 9.29. The van der Waals surface area contributed by atoms with Crippen LogP contribution in [0.2, 0.25) is 0 Å². The Kier molecular flexibility index (Phi) is 7.03. The summed E-state index contributed by atoms with van der Waals surface area (Å²) in [4.78, 5) is 32.4. The highest BCUT2D eigenvalue weighted by atomic mass is 32.1. The van der Waals surface area contributed by atoms with Crippen molar-refractivity contribution in [1.29, 1.82) is 0 Å². The summed E-state index contributed by atoms with van der Waals surface area (Å²) in [5.74, 6) is 0.507. The van der Waals surface area contributed by atoms with E-state index in [1.165, 1.54) is 17.4 Å². The smallest absolute Gasteiger partial charge is 0.323 e. The van der Waals surface area contributed by atoms with Crippen LogP contribution in [0.25, 0.3) is 0 Å². The zero-order chi connectivity index (χ0) is 23.4. The fourth-order valence-corrected chi connectivity index (χ4v) is 4.74. The number of carbonyl (C=O) groups is 2. The molecule has 1 aliphatic heterocycles. The Balaban J connectivity index is 1.28. The number of amides is 2. The summed E-state index contributed by atoms with van der Waals surface area (Å²) in [7, 11) is 1.59. The van der Waals surface area contributed by atoms with Crippen LogP contribution in [-0.2, 0) is 6.42 Å². The van der Waals surface area contributed by atoms with E-state index in [4.69, 9.17) is 4.74 Å². The third-order valence-electron chi connectivity index (χ3n) is 5.91. The van der Waals surface area contributed by atoms with Gasteiger partial charge in [0.15, 0.2) is 10.9 Å². The number of urea groups is 1. The number of Topliss-reactive ketones (excluding diaryl/α,β-unsaturated/α-hetero) is 1. The molecule has 0 unspecified atom stereocenters. The van der Waals surface area contributed by atoms with Crippen LogP contribution in [0.4, 0.5) is 14.3 Å². The number of nitrogens with zero attached hydrogens (tertiary/aromatic N) is 2. The summed E-state index contributed by atoms with van der Waals surface area (Å²) in [6, 6.07) is 12.1. The van der Waals surface area contributed by atoms with Crippen molar-refractivity contribution in [3.8, 4) is 5.75 Å². The fraction of sp³-hybridized carbons (Fsp3) is 0.320. The van der Waals surface area contributed by atoms with E-state index in [9.17, 15) is 14.0 Å². The number of aromatic nitrogens is 1. The molecular formula is C25H26FN3O3S. The lowest BCUT2D eigenvalue weighted by atomic mass is 9.89. The van der Waals surface area contributed by atoms with Crippen molar-refractivity contribution in [3.05, 3.63) is 76.0 Å². The van der Waals surface area contributed by atoms with Gasteiger partial charge in [-0.15, -0.1) is 11.3 Å². The molecule has 1 aliphatic rings. The first-order valence-corrected chi connectivity index (χ1v) is 11.7. The number of ether oxygens (including phenoxy) is 1. The minimum atomic E-state index is -0.223. The third-order valence-corrected chi connectivity index (χ3v) is 6.82. The monoisotopic (exact) mass is 467 g/mol. The number of likely N-dealkylation sites (tertiary alicyclic amines) is 1. The number of halogens is 1. The van der Waals surface area contributed by atoms with E-state index in [2.05, 4.69) is 10.3 Å². The van der Waals surface area contributed by atoms with Gasteiger partial charge in [0.05, 0.1) is 7.11 Å². The number of carbonyl (C=O) groups excluding carboxylic acids is 2. The quantitative estimate of drug-likeness (QED) is 0.498. The van der Waals surface area contributed by atoms with Gasteiger partial charge in [0.1, 0.15) is 11.6 Å². The van der Waals surface area contributed by atoms with Gasteiger partial charge >= 0.3 is 6.03 Å². The van der Waals surface area contributed by atoms with Crippen LogP contribution in [0.1, 0.15) is 39.2 Å². The van der Waals surface area contributed by atoms with Gasteiger partial charge in [-0.3, -0.25) is 10.1 Å². The molecule has 0 radical (unpaired) electrons. The molecule has 172 valence electrons. The standard InChI is InChI=1S/C25H26FN3O3S/c1-16-3-4-17(14-22(16)26)13-21-15-27-24(33-21)28-25(31)29-11-9-19(10-12-29)23(30)18-5-7-20(32-2)8-6-18/h3-8,14-15,19H,9-13H2,1-2H3,(H,27,28,31). The van der Waals surface area contributed by atoms with E-state index >= 15 is 0 Å². The van der Waals surface area contributed by atoms with Crippen LogP contribution >= 0.6 is 11.3 Å². The molecule has 0 aliphatic carbocycles. The molecule has 2 aromatic carbocycles. The number of rotatable bonds is 6. The van der Waals surface area contributed by atoms with Crippen LogP contribution in [0.5, 0.6) is 5.75 Å². The number of hydrogen-bond acceptors (Lipinski definition) is 5. The lowest BCUT2D eigenvalue weighted by Crippen LogP contribution is -2.42. The van der Waals surface area contributed by atoms with Gasteiger partial charge < -0.3 is 9.64 Å². The molecule has 4 rings (SSSR count). The zero-order valence-electron chi connectivity index (χ0n) is 18.6. The highest BCUT2D eigenvalue weighted by molar-refractivity contribution is 7.15. The first-order valence-electron chi connectivity index (χ1n) is 10.9. The van der Waals surface area contributed by atoms with Crippen LogP contribution in [-0.4, -0.2) is 41.9 Å². The van der Waals surface area contributed by atoms with Gasteiger partial charge in [-0.25, -0.2) is 14.2 Å². The van der Waals surface area contributed by atoms with E-state index < -0.39 is 0 Å². The summed E-state index contributed by atoms with van der Waals surface area (Å²) < 4.78 is 18.9. The highest BCUT2D eigenvalue weighted by Gasteiger charge is 2.28. The van der Waals surface area contributed by atoms with E-state index in [0.717, 1.165) is 16.2 Å². The maximum absolute atomic E-state index is 13.8. The summed E-state index contributed by atoms with van der Waals surface area (Å²) in [6.07, 6.45) is 3.52. The molecule has 8 heteroatoms. The van der Waals surface area contributed by atoms with Crippen molar-refractivity contribution in [1.82, 2.24) is 9.88 Å². The van der Waals surface area contributed by atoms with Gasteiger partial charge in [0, 0.05) is 42.1 Å². The van der Waals surface area contributed by atoms with Crippen LogP contribution in [0, 0.1) is 18.7 Å². The number of methoxy groups -OCH3 is 1. The third kappa shape index (κ3) is 5.57. The molecule has 1 fully saturated rings. The van der Waals surface area contributed by atoms with E-state index in [0.29, 0.717) is 48.6 Å². The van der Waals surface area contributed by atoms with Gasteiger partial charge in [0.2, 0.25) is 0 Å². The molecule has 2 amide bonds. The normalized spacial score (nSPS) is 14.2. The lowest BCUT2D eigenvalue weighted by molar-refractivity contribution is 0.0859. The Hall–Kier alpha value is -3.26. The molecule has 0 atom stereocenters. The number of aryl methyl sites for hydroxylation is 1. The Morgan fingerprint density at radius 3 is 2.58 bits per heavy atom. The maximum Gasteiger partial charge on any atom is 0.323 e. The minimum Gasteiger partial charge on any atom is -0.497 e. The van der Waals surface area contributed by atoms with Crippen molar-refractivity contribution in [3.63, 3.8) is 0 Å². The number of anilines is 1. The van der Waals surface area contributed by atoms with Gasteiger partial charge in [-0.1, -0.05) is 12.1 Å². The fourth-order valence-electron chi connectivity index (χ4n) is 3.90. The van der Waals surface area contributed by atoms with Crippen molar-refractivity contribution < 1.29 is 18.7 Å². The number of benzene rings is 2. The Morgan fingerprint density at radius 1 is 1.18 bits per heavy atom. The summed E-state index contributed by atoms with van der Waals surface area (Å²) in [6.45, 7) is 2.76. The Morgan fingerprint density at radius 2 is 1.91 bits per heavy atom. The minimum absolute atomic E-state index is 0.0937. The predicted octanol–water partition coefficient (Wildman–Crippen LogP) is 5.32. The molecule has 0 bridgehead atoms. The predicted molar refractivity (Wildman–Crippen MR) is 127 cm³/mol. The number of piperidine rings is 1. The molecule has 3 aromatic rings. The van der Waals surface area contributed by atoms with Crippen LogP contribution in [0.3, 0.4) is 0 Å². The number of hydrogen-bond donors (Lipinski definition) is 1. The van der Waals surface area contributed by atoms with E-state index in [-0.39, 0.29) is 23.5 Å². The molecule has 2 heterocycles.